The minimum Gasteiger partial charge on any atom is -0.330 e. The van der Waals surface area contributed by atoms with Crippen molar-refractivity contribution in [2.45, 2.75) is 26.2 Å². The second-order valence-electron chi connectivity index (χ2n) is 3.57. The molecule has 0 spiro atoms. The maximum atomic E-state index is 13.5. The molecule has 14 heavy (non-hydrogen) atoms. The summed E-state index contributed by atoms with van der Waals surface area (Å²) in [6.45, 7) is 4.54. The van der Waals surface area contributed by atoms with E-state index in [1.54, 1.807) is 6.07 Å². The average Bonchev–Trinajstić information content (AvgIpc) is 2.13. The van der Waals surface area contributed by atoms with E-state index in [2.05, 4.69) is 15.9 Å². The van der Waals surface area contributed by atoms with Crippen molar-refractivity contribution in [2.75, 3.05) is 6.54 Å². The maximum Gasteiger partial charge on any atom is 0.127 e. The highest BCUT2D eigenvalue weighted by atomic mass is 79.9. The van der Waals surface area contributed by atoms with Crippen LogP contribution in [0.1, 0.15) is 30.4 Å². The fraction of sp³-hybridized carbons (Fsp3) is 0.455. The van der Waals surface area contributed by atoms with Crippen molar-refractivity contribution < 1.29 is 4.39 Å². The van der Waals surface area contributed by atoms with Crippen molar-refractivity contribution in [1.29, 1.82) is 0 Å². The van der Waals surface area contributed by atoms with E-state index in [-0.39, 0.29) is 11.7 Å². The molecule has 0 heterocycles. The molecule has 0 saturated carbocycles. The molecule has 1 aromatic rings. The Morgan fingerprint density at radius 1 is 1.50 bits per heavy atom. The van der Waals surface area contributed by atoms with E-state index in [4.69, 9.17) is 5.73 Å². The van der Waals surface area contributed by atoms with Gasteiger partial charge in [-0.05, 0) is 37.4 Å². The molecule has 0 amide bonds. The average molecular weight is 260 g/mol. The summed E-state index contributed by atoms with van der Waals surface area (Å²) in [5.41, 5.74) is 7.27. The van der Waals surface area contributed by atoms with Crippen LogP contribution in [0.2, 0.25) is 0 Å². The van der Waals surface area contributed by atoms with Crippen LogP contribution in [-0.2, 0) is 0 Å². The first-order valence-corrected chi connectivity index (χ1v) is 5.51. The van der Waals surface area contributed by atoms with E-state index in [0.717, 1.165) is 22.0 Å². The molecular formula is C11H15BrFN. The molecule has 1 unspecified atom stereocenters. The lowest BCUT2D eigenvalue weighted by molar-refractivity contribution is 0.574. The highest BCUT2D eigenvalue weighted by Gasteiger charge is 2.15. The summed E-state index contributed by atoms with van der Waals surface area (Å²) >= 11 is 3.42. The summed E-state index contributed by atoms with van der Waals surface area (Å²) in [4.78, 5) is 0. The number of rotatable bonds is 3. The largest absolute Gasteiger partial charge is 0.330 e. The fourth-order valence-electron chi connectivity index (χ4n) is 1.52. The van der Waals surface area contributed by atoms with Crippen molar-refractivity contribution >= 4 is 15.9 Å². The molecule has 0 aliphatic carbocycles. The molecule has 0 radical (unpaired) electrons. The second kappa shape index (κ2) is 4.89. The van der Waals surface area contributed by atoms with E-state index in [0.29, 0.717) is 6.54 Å². The SMILES string of the molecule is Cc1ccc(F)c(C(C)CCN)c1Br. The van der Waals surface area contributed by atoms with Crippen molar-refractivity contribution in [3.63, 3.8) is 0 Å². The third-order valence-electron chi connectivity index (χ3n) is 2.41. The quantitative estimate of drug-likeness (QED) is 0.886. The van der Waals surface area contributed by atoms with Gasteiger partial charge >= 0.3 is 0 Å². The predicted molar refractivity (Wildman–Crippen MR) is 60.9 cm³/mol. The summed E-state index contributed by atoms with van der Waals surface area (Å²) in [6, 6.07) is 3.29. The lowest BCUT2D eigenvalue weighted by atomic mass is 9.96. The van der Waals surface area contributed by atoms with E-state index < -0.39 is 0 Å². The maximum absolute atomic E-state index is 13.5. The van der Waals surface area contributed by atoms with Crippen molar-refractivity contribution in [1.82, 2.24) is 0 Å². The Morgan fingerprint density at radius 2 is 2.14 bits per heavy atom. The van der Waals surface area contributed by atoms with Crippen LogP contribution in [0.15, 0.2) is 16.6 Å². The van der Waals surface area contributed by atoms with Crippen LogP contribution in [0, 0.1) is 12.7 Å². The highest BCUT2D eigenvalue weighted by Crippen LogP contribution is 2.31. The van der Waals surface area contributed by atoms with Gasteiger partial charge in [-0.15, -0.1) is 0 Å². The molecule has 0 fully saturated rings. The first kappa shape index (κ1) is 11.7. The molecule has 0 bridgehead atoms. The first-order chi connectivity index (χ1) is 6.57. The van der Waals surface area contributed by atoms with Gasteiger partial charge in [-0.3, -0.25) is 0 Å². The lowest BCUT2D eigenvalue weighted by Gasteiger charge is -2.15. The molecule has 1 aromatic carbocycles. The van der Waals surface area contributed by atoms with Gasteiger partial charge in [0.05, 0.1) is 0 Å². The monoisotopic (exact) mass is 259 g/mol. The van der Waals surface area contributed by atoms with E-state index in [1.165, 1.54) is 6.07 Å². The molecule has 0 saturated heterocycles. The molecule has 0 aromatic heterocycles. The van der Waals surface area contributed by atoms with Gasteiger partial charge in [0.25, 0.3) is 0 Å². The summed E-state index contributed by atoms with van der Waals surface area (Å²) in [5.74, 6) is 0.0118. The molecule has 1 atom stereocenters. The predicted octanol–water partition coefficient (Wildman–Crippen LogP) is 3.35. The van der Waals surface area contributed by atoms with Crippen LogP contribution in [0.3, 0.4) is 0 Å². The molecule has 2 N–H and O–H groups in total. The standard InChI is InChI=1S/C11H15BrFN/c1-7(5-6-14)10-9(13)4-3-8(2)11(10)12/h3-4,7H,5-6,14H2,1-2H3. The van der Waals surface area contributed by atoms with Gasteiger partial charge in [-0.25, -0.2) is 4.39 Å². The van der Waals surface area contributed by atoms with Gasteiger partial charge in [0.15, 0.2) is 0 Å². The van der Waals surface area contributed by atoms with Crippen molar-refractivity contribution in [3.8, 4) is 0 Å². The third kappa shape index (κ3) is 2.34. The van der Waals surface area contributed by atoms with Crippen molar-refractivity contribution in [2.24, 2.45) is 5.73 Å². The smallest absolute Gasteiger partial charge is 0.127 e. The summed E-state index contributed by atoms with van der Waals surface area (Å²) < 4.78 is 14.4. The topological polar surface area (TPSA) is 26.0 Å². The molecule has 3 heteroatoms. The third-order valence-corrected chi connectivity index (χ3v) is 3.46. The van der Waals surface area contributed by atoms with Crippen LogP contribution in [-0.4, -0.2) is 6.54 Å². The van der Waals surface area contributed by atoms with Crippen LogP contribution >= 0.6 is 15.9 Å². The lowest BCUT2D eigenvalue weighted by Crippen LogP contribution is -2.07. The Kier molecular flexibility index (Phi) is 4.08. The van der Waals surface area contributed by atoms with E-state index >= 15 is 0 Å². The molecular weight excluding hydrogens is 245 g/mol. The van der Waals surface area contributed by atoms with Crippen LogP contribution in [0.5, 0.6) is 0 Å². The zero-order valence-corrected chi connectivity index (χ0v) is 10.1. The Labute approximate surface area is 92.6 Å². The number of hydrogen-bond donors (Lipinski definition) is 1. The van der Waals surface area contributed by atoms with Crippen LogP contribution in [0.4, 0.5) is 4.39 Å². The van der Waals surface area contributed by atoms with Gasteiger partial charge < -0.3 is 5.73 Å². The zero-order valence-electron chi connectivity index (χ0n) is 8.48. The number of hydrogen-bond acceptors (Lipinski definition) is 1. The molecule has 1 rings (SSSR count). The van der Waals surface area contributed by atoms with Gasteiger partial charge in [-0.2, -0.15) is 0 Å². The number of halogens is 2. The number of nitrogens with two attached hydrogens (primary N) is 1. The van der Waals surface area contributed by atoms with Crippen LogP contribution in [0.25, 0.3) is 0 Å². The molecule has 0 aliphatic rings. The number of aryl methyl sites for hydroxylation is 1. The summed E-state index contributed by atoms with van der Waals surface area (Å²) in [7, 11) is 0. The summed E-state index contributed by atoms with van der Waals surface area (Å²) in [5, 5.41) is 0. The second-order valence-corrected chi connectivity index (χ2v) is 4.36. The van der Waals surface area contributed by atoms with E-state index in [1.807, 2.05) is 13.8 Å². The first-order valence-electron chi connectivity index (χ1n) is 4.72. The summed E-state index contributed by atoms with van der Waals surface area (Å²) in [6.07, 6.45) is 0.805. The Hall–Kier alpha value is -0.410. The normalized spacial score (nSPS) is 12.9. The van der Waals surface area contributed by atoms with Gasteiger partial charge in [-0.1, -0.05) is 28.9 Å². The van der Waals surface area contributed by atoms with Gasteiger partial charge in [0.1, 0.15) is 5.82 Å². The minimum atomic E-state index is -0.150. The molecule has 78 valence electrons. The molecule has 1 nitrogen and oxygen atoms in total. The van der Waals surface area contributed by atoms with Crippen LogP contribution < -0.4 is 5.73 Å². The Bertz CT molecular complexity index is 325. The zero-order chi connectivity index (χ0) is 10.7. The van der Waals surface area contributed by atoms with Crippen molar-refractivity contribution in [3.05, 3.63) is 33.5 Å². The fourth-order valence-corrected chi connectivity index (χ4v) is 2.24. The Balaban J connectivity index is 3.11. The van der Waals surface area contributed by atoms with Gasteiger partial charge in [0.2, 0.25) is 0 Å². The minimum absolute atomic E-state index is 0.150. The van der Waals surface area contributed by atoms with E-state index in [9.17, 15) is 4.39 Å². The highest BCUT2D eigenvalue weighted by molar-refractivity contribution is 9.10. The van der Waals surface area contributed by atoms with Gasteiger partial charge in [0, 0.05) is 10.0 Å². The number of benzene rings is 1. The molecule has 0 aliphatic heterocycles. The Morgan fingerprint density at radius 3 is 2.71 bits per heavy atom.